The first kappa shape index (κ1) is 8.73. The third-order valence-corrected chi connectivity index (χ3v) is 4.64. The van der Waals surface area contributed by atoms with Crippen molar-refractivity contribution in [2.24, 2.45) is 11.1 Å². The van der Waals surface area contributed by atoms with Crippen LogP contribution in [0.25, 0.3) is 0 Å². The Hall–Kier alpha value is 0.140. The predicted octanol–water partition coefficient (Wildman–Crippen LogP) is 2.96. The van der Waals surface area contributed by atoms with Crippen LogP contribution in [0.3, 0.4) is 0 Å². The Balaban J connectivity index is 2.30. The van der Waals surface area contributed by atoms with Crippen molar-refractivity contribution in [1.29, 1.82) is 0 Å². The molecule has 0 amide bonds. The van der Waals surface area contributed by atoms with Gasteiger partial charge in [0.05, 0.1) is 0 Å². The molecule has 0 aliphatic heterocycles. The SMILES string of the molecule is CC1(C)C(N)C1c1cscc1Br. The first-order valence-corrected chi connectivity index (χ1v) is 5.76. The Labute approximate surface area is 85.1 Å². The third kappa shape index (κ3) is 1.07. The lowest BCUT2D eigenvalue weighted by Crippen LogP contribution is -2.06. The Morgan fingerprint density at radius 3 is 2.42 bits per heavy atom. The van der Waals surface area contributed by atoms with Crippen molar-refractivity contribution in [1.82, 2.24) is 0 Å². The van der Waals surface area contributed by atoms with Crippen molar-refractivity contribution < 1.29 is 0 Å². The maximum atomic E-state index is 5.99. The third-order valence-electron chi connectivity index (χ3n) is 2.89. The van der Waals surface area contributed by atoms with E-state index in [0.29, 0.717) is 17.4 Å². The fourth-order valence-corrected chi connectivity index (χ4v) is 3.37. The average molecular weight is 246 g/mol. The molecule has 1 nitrogen and oxygen atoms in total. The van der Waals surface area contributed by atoms with Crippen LogP contribution >= 0.6 is 27.3 Å². The molecule has 0 aromatic carbocycles. The van der Waals surface area contributed by atoms with Gasteiger partial charge in [0.1, 0.15) is 0 Å². The molecule has 1 aliphatic carbocycles. The van der Waals surface area contributed by atoms with Gasteiger partial charge in [0.25, 0.3) is 0 Å². The van der Waals surface area contributed by atoms with E-state index in [-0.39, 0.29) is 0 Å². The Kier molecular flexibility index (Phi) is 1.86. The summed E-state index contributed by atoms with van der Waals surface area (Å²) in [6.07, 6.45) is 0. The van der Waals surface area contributed by atoms with Gasteiger partial charge in [-0.2, -0.15) is 11.3 Å². The van der Waals surface area contributed by atoms with Crippen LogP contribution in [0, 0.1) is 5.41 Å². The smallest absolute Gasteiger partial charge is 0.0317 e. The van der Waals surface area contributed by atoms with Crippen LogP contribution in [0.5, 0.6) is 0 Å². The molecule has 2 rings (SSSR count). The molecule has 1 aliphatic rings. The summed E-state index contributed by atoms with van der Waals surface area (Å²) in [5.74, 6) is 0.554. The van der Waals surface area contributed by atoms with Crippen LogP contribution in [0.4, 0.5) is 0 Å². The van der Waals surface area contributed by atoms with Gasteiger partial charge in [-0.3, -0.25) is 0 Å². The van der Waals surface area contributed by atoms with E-state index in [4.69, 9.17) is 5.73 Å². The molecule has 0 radical (unpaired) electrons. The van der Waals surface area contributed by atoms with E-state index in [1.54, 1.807) is 11.3 Å². The van der Waals surface area contributed by atoms with E-state index >= 15 is 0 Å². The van der Waals surface area contributed by atoms with Crippen molar-refractivity contribution in [3.63, 3.8) is 0 Å². The van der Waals surface area contributed by atoms with Crippen LogP contribution < -0.4 is 5.73 Å². The lowest BCUT2D eigenvalue weighted by atomic mass is 10.1. The van der Waals surface area contributed by atoms with E-state index in [0.717, 1.165) is 0 Å². The molecule has 3 heteroatoms. The van der Waals surface area contributed by atoms with Gasteiger partial charge in [-0.1, -0.05) is 13.8 Å². The fourth-order valence-electron chi connectivity index (χ4n) is 1.79. The van der Waals surface area contributed by atoms with E-state index in [1.165, 1.54) is 10.0 Å². The van der Waals surface area contributed by atoms with Gasteiger partial charge < -0.3 is 5.73 Å². The summed E-state index contributed by atoms with van der Waals surface area (Å²) in [6.45, 7) is 4.46. The first-order chi connectivity index (χ1) is 5.55. The summed E-state index contributed by atoms with van der Waals surface area (Å²) in [5.41, 5.74) is 7.67. The standard InChI is InChI=1S/C9H12BrNS/c1-9(2)7(8(9)11)5-3-12-4-6(5)10/h3-4,7-8H,11H2,1-2H3. The van der Waals surface area contributed by atoms with E-state index in [1.807, 2.05) is 0 Å². The molecule has 1 heterocycles. The van der Waals surface area contributed by atoms with Gasteiger partial charge in [-0.25, -0.2) is 0 Å². The largest absolute Gasteiger partial charge is 0.327 e. The van der Waals surface area contributed by atoms with Gasteiger partial charge in [0.15, 0.2) is 0 Å². The second-order valence-corrected chi connectivity index (χ2v) is 5.60. The van der Waals surface area contributed by atoms with Crippen LogP contribution in [-0.4, -0.2) is 6.04 Å². The minimum atomic E-state index is 0.295. The Morgan fingerprint density at radius 1 is 1.50 bits per heavy atom. The highest BCUT2D eigenvalue weighted by molar-refractivity contribution is 9.10. The molecular formula is C9H12BrNS. The Bertz CT molecular complexity index is 305. The molecule has 1 saturated carbocycles. The molecule has 0 saturated heterocycles. The number of rotatable bonds is 1. The maximum absolute atomic E-state index is 5.99. The van der Waals surface area contributed by atoms with Gasteiger partial charge in [-0.05, 0) is 32.3 Å². The lowest BCUT2D eigenvalue weighted by Gasteiger charge is -1.99. The molecular weight excluding hydrogens is 234 g/mol. The number of hydrogen-bond acceptors (Lipinski definition) is 2. The molecule has 2 atom stereocenters. The van der Waals surface area contributed by atoms with Crippen molar-refractivity contribution in [2.75, 3.05) is 0 Å². The topological polar surface area (TPSA) is 26.0 Å². The van der Waals surface area contributed by atoms with Gasteiger partial charge in [-0.15, -0.1) is 0 Å². The molecule has 1 aromatic rings. The Morgan fingerprint density at radius 2 is 2.08 bits per heavy atom. The zero-order valence-corrected chi connectivity index (χ0v) is 9.58. The van der Waals surface area contributed by atoms with Crippen LogP contribution in [0.1, 0.15) is 25.3 Å². The zero-order chi connectivity index (χ0) is 8.93. The fraction of sp³-hybridized carbons (Fsp3) is 0.556. The summed E-state index contributed by atoms with van der Waals surface area (Å²) in [6, 6.07) is 0.336. The second-order valence-electron chi connectivity index (χ2n) is 4.00. The van der Waals surface area contributed by atoms with Gasteiger partial charge >= 0.3 is 0 Å². The summed E-state index contributed by atoms with van der Waals surface area (Å²) in [5, 5.41) is 4.32. The van der Waals surface area contributed by atoms with Crippen molar-refractivity contribution in [2.45, 2.75) is 25.8 Å². The molecule has 66 valence electrons. The van der Waals surface area contributed by atoms with Gasteiger partial charge in [0, 0.05) is 21.8 Å². The van der Waals surface area contributed by atoms with E-state index in [9.17, 15) is 0 Å². The van der Waals surface area contributed by atoms with Crippen molar-refractivity contribution in [3.8, 4) is 0 Å². The molecule has 0 spiro atoms. The predicted molar refractivity (Wildman–Crippen MR) is 56.5 cm³/mol. The quantitative estimate of drug-likeness (QED) is 0.810. The second kappa shape index (κ2) is 2.56. The van der Waals surface area contributed by atoms with Crippen molar-refractivity contribution >= 4 is 27.3 Å². The highest BCUT2D eigenvalue weighted by Gasteiger charge is 2.56. The highest BCUT2D eigenvalue weighted by Crippen LogP contribution is 2.59. The maximum Gasteiger partial charge on any atom is 0.0317 e. The monoisotopic (exact) mass is 245 g/mol. The zero-order valence-electron chi connectivity index (χ0n) is 7.17. The molecule has 2 unspecified atom stereocenters. The van der Waals surface area contributed by atoms with Gasteiger partial charge in [0.2, 0.25) is 0 Å². The minimum Gasteiger partial charge on any atom is -0.327 e. The van der Waals surface area contributed by atoms with Crippen LogP contribution in [0.15, 0.2) is 15.2 Å². The molecule has 0 bridgehead atoms. The molecule has 2 N–H and O–H groups in total. The normalized spacial score (nSPS) is 32.0. The molecule has 12 heavy (non-hydrogen) atoms. The first-order valence-electron chi connectivity index (χ1n) is 4.02. The van der Waals surface area contributed by atoms with E-state index in [2.05, 4.69) is 40.5 Å². The lowest BCUT2D eigenvalue weighted by molar-refractivity contribution is 0.599. The highest BCUT2D eigenvalue weighted by atomic mass is 79.9. The van der Waals surface area contributed by atoms with Crippen LogP contribution in [-0.2, 0) is 0 Å². The number of halogens is 1. The van der Waals surface area contributed by atoms with Crippen molar-refractivity contribution in [3.05, 3.63) is 20.8 Å². The minimum absolute atomic E-state index is 0.295. The summed E-state index contributed by atoms with van der Waals surface area (Å²) in [7, 11) is 0. The number of thiophene rings is 1. The molecule has 1 fully saturated rings. The number of hydrogen-bond donors (Lipinski definition) is 1. The molecule has 1 aromatic heterocycles. The number of nitrogens with two attached hydrogens (primary N) is 1. The summed E-state index contributed by atoms with van der Waals surface area (Å²) in [4.78, 5) is 0. The summed E-state index contributed by atoms with van der Waals surface area (Å²) >= 11 is 5.28. The van der Waals surface area contributed by atoms with Crippen LogP contribution in [0.2, 0.25) is 0 Å². The average Bonchev–Trinajstić information content (AvgIpc) is 2.39. The van der Waals surface area contributed by atoms with E-state index < -0.39 is 0 Å². The summed E-state index contributed by atoms with van der Waals surface area (Å²) < 4.78 is 1.22.